The number of hydrogen-bond acceptors (Lipinski definition) is 10. The molecule has 0 bridgehead atoms. The summed E-state index contributed by atoms with van der Waals surface area (Å²) in [6, 6.07) is -1.65. The van der Waals surface area contributed by atoms with Gasteiger partial charge in [-0.2, -0.15) is 0 Å². The lowest BCUT2D eigenvalue weighted by atomic mass is 10.1. The van der Waals surface area contributed by atoms with Crippen molar-refractivity contribution in [2.75, 3.05) is 19.6 Å². The van der Waals surface area contributed by atoms with Crippen LogP contribution in [0.1, 0.15) is 53.4 Å². The maximum absolute atomic E-state index is 10.1. The molecular weight excluding hydrogens is 482 g/mol. The zero-order valence-electron chi connectivity index (χ0n) is 21.4. The molecule has 0 aliphatic carbocycles. The van der Waals surface area contributed by atoms with Crippen molar-refractivity contribution in [3.63, 3.8) is 0 Å². The van der Waals surface area contributed by atoms with Gasteiger partial charge in [-0.15, -0.1) is 0 Å². The lowest BCUT2D eigenvalue weighted by molar-refractivity contribution is -0.139. The summed E-state index contributed by atoms with van der Waals surface area (Å²) in [5.41, 5.74) is 19.6. The lowest BCUT2D eigenvalue weighted by Crippen LogP contribution is -2.31. The number of nitrogens with one attached hydrogen (secondary N) is 1. The van der Waals surface area contributed by atoms with Gasteiger partial charge in [-0.25, -0.2) is 0 Å². The summed E-state index contributed by atoms with van der Waals surface area (Å²) in [6.45, 7) is 8.09. The minimum absolute atomic E-state index is 0.269. The average Bonchev–Trinajstić information content (AvgIpc) is 3.29. The molecule has 14 N–H and O–H groups in total. The van der Waals surface area contributed by atoms with E-state index in [1.807, 2.05) is 27.7 Å². The van der Waals surface area contributed by atoms with Crippen molar-refractivity contribution in [1.82, 2.24) is 5.32 Å². The van der Waals surface area contributed by atoms with Gasteiger partial charge >= 0.3 is 29.8 Å². The minimum atomic E-state index is -0.968. The Morgan fingerprint density at radius 2 is 1.06 bits per heavy atom. The van der Waals surface area contributed by atoms with Gasteiger partial charge < -0.3 is 53.8 Å². The van der Waals surface area contributed by atoms with Gasteiger partial charge in [0.15, 0.2) is 0 Å². The van der Waals surface area contributed by atoms with Gasteiger partial charge in [0, 0.05) is 0 Å². The monoisotopic (exact) mass is 527 g/mol. The topological polar surface area (TPSA) is 303 Å². The first-order valence-corrected chi connectivity index (χ1v) is 11.2. The van der Waals surface area contributed by atoms with Crippen LogP contribution in [0, 0.1) is 11.8 Å². The van der Waals surface area contributed by atoms with E-state index in [0.29, 0.717) is 24.7 Å². The molecule has 214 valence electrons. The molecule has 0 aromatic rings. The number of hydrogen-bond donors (Lipinski definition) is 10. The Morgan fingerprint density at radius 1 is 0.750 bits per heavy atom. The number of rotatable bonds is 9. The van der Waals surface area contributed by atoms with Gasteiger partial charge in [0.05, 0.1) is 13.1 Å². The van der Waals surface area contributed by atoms with Crippen molar-refractivity contribution in [3.05, 3.63) is 0 Å². The van der Waals surface area contributed by atoms with Crippen molar-refractivity contribution in [1.29, 1.82) is 0 Å². The van der Waals surface area contributed by atoms with Crippen LogP contribution in [-0.4, -0.2) is 93.1 Å². The van der Waals surface area contributed by atoms with Crippen LogP contribution in [-0.2, 0) is 24.0 Å². The molecule has 0 aromatic carbocycles. The standard InChI is InChI=1S/2C6H13NO2.C5H9NO2.2C2H5NO2/c2*1-4(2)3-5(7)6(8)9;7-5(8)4-2-1-3-6-4;2*3-1-2(4)5/h2*4-5H,3,7H2,1-2H3,(H,8,9);4,6H,1-3H2,(H,7,8);2*1,3H2,(H,4,5)/t2*5-;4-;;/m000../s1. The molecule has 1 fully saturated rings. The largest absolute Gasteiger partial charge is 0.480 e. The van der Waals surface area contributed by atoms with E-state index in [1.54, 1.807) is 0 Å². The van der Waals surface area contributed by atoms with Gasteiger partial charge in [0.25, 0.3) is 0 Å². The van der Waals surface area contributed by atoms with Crippen LogP contribution in [0.25, 0.3) is 0 Å². The van der Waals surface area contributed by atoms with Crippen LogP contribution >= 0.6 is 0 Å². The summed E-state index contributed by atoms with van der Waals surface area (Å²) in [4.78, 5) is 48.8. The fraction of sp³-hybridized carbons (Fsp3) is 0.762. The fourth-order valence-electron chi connectivity index (χ4n) is 2.11. The Hall–Kier alpha value is -2.85. The van der Waals surface area contributed by atoms with E-state index in [2.05, 4.69) is 16.8 Å². The molecule has 0 spiro atoms. The summed E-state index contributed by atoms with van der Waals surface area (Å²) in [6.07, 6.45) is 2.89. The van der Waals surface area contributed by atoms with Crippen LogP contribution < -0.4 is 28.3 Å². The molecule has 0 radical (unpaired) electrons. The summed E-state index contributed by atoms with van der Waals surface area (Å²) in [7, 11) is 0. The highest BCUT2D eigenvalue weighted by Gasteiger charge is 2.20. The van der Waals surface area contributed by atoms with Crippen molar-refractivity contribution >= 4 is 29.8 Å². The second-order valence-electron chi connectivity index (χ2n) is 8.33. The third kappa shape index (κ3) is 35.7. The van der Waals surface area contributed by atoms with E-state index in [9.17, 15) is 24.0 Å². The Bertz CT molecular complexity index is 586. The van der Waals surface area contributed by atoms with Gasteiger partial charge in [0.2, 0.25) is 0 Å². The van der Waals surface area contributed by atoms with Crippen LogP contribution in [0.5, 0.6) is 0 Å². The first kappa shape index (κ1) is 40.3. The number of carboxylic acid groups (broad SMARTS) is 5. The summed E-state index contributed by atoms with van der Waals surface area (Å²) >= 11 is 0. The molecule has 3 atom stereocenters. The van der Waals surface area contributed by atoms with Gasteiger partial charge in [-0.05, 0) is 44.1 Å². The molecule has 15 nitrogen and oxygen atoms in total. The molecule has 0 saturated carbocycles. The first-order valence-electron chi connectivity index (χ1n) is 11.2. The highest BCUT2D eigenvalue weighted by molar-refractivity contribution is 5.74. The zero-order valence-corrected chi connectivity index (χ0v) is 21.4. The average molecular weight is 528 g/mol. The van der Waals surface area contributed by atoms with E-state index < -0.39 is 41.9 Å². The highest BCUT2D eigenvalue weighted by atomic mass is 16.4. The highest BCUT2D eigenvalue weighted by Crippen LogP contribution is 2.03. The van der Waals surface area contributed by atoms with Crippen molar-refractivity contribution < 1.29 is 49.5 Å². The Kier molecular flexibility index (Phi) is 28.3. The lowest BCUT2D eigenvalue weighted by Gasteiger charge is -2.07. The Balaban J connectivity index is -0.000000182. The third-order valence-corrected chi connectivity index (χ3v) is 3.79. The molecule has 1 aliphatic heterocycles. The van der Waals surface area contributed by atoms with E-state index in [-0.39, 0.29) is 19.1 Å². The van der Waals surface area contributed by atoms with E-state index in [1.165, 1.54) is 0 Å². The second-order valence-corrected chi connectivity index (χ2v) is 8.33. The molecule has 15 heteroatoms. The maximum Gasteiger partial charge on any atom is 0.320 e. The van der Waals surface area contributed by atoms with Crippen LogP contribution in [0.4, 0.5) is 0 Å². The molecular formula is C21H45N5O10. The smallest absolute Gasteiger partial charge is 0.320 e. The maximum atomic E-state index is 10.1. The van der Waals surface area contributed by atoms with Crippen LogP contribution in [0.15, 0.2) is 0 Å². The predicted octanol–water partition coefficient (Wildman–Crippen LogP) is -1.23. The zero-order chi connectivity index (χ0) is 29.4. The molecule has 1 heterocycles. The fourth-order valence-corrected chi connectivity index (χ4v) is 2.11. The third-order valence-electron chi connectivity index (χ3n) is 3.79. The molecule has 1 saturated heterocycles. The molecule has 36 heavy (non-hydrogen) atoms. The number of carbonyl (C=O) groups is 5. The van der Waals surface area contributed by atoms with Crippen molar-refractivity contribution in [2.45, 2.75) is 71.5 Å². The number of carboxylic acids is 5. The van der Waals surface area contributed by atoms with E-state index >= 15 is 0 Å². The van der Waals surface area contributed by atoms with Crippen molar-refractivity contribution in [2.24, 2.45) is 34.8 Å². The van der Waals surface area contributed by atoms with E-state index in [0.717, 1.165) is 19.4 Å². The quantitative estimate of drug-likeness (QED) is 0.168. The molecule has 0 aromatic heterocycles. The van der Waals surface area contributed by atoms with E-state index in [4.69, 9.17) is 37.0 Å². The van der Waals surface area contributed by atoms with Crippen LogP contribution in [0.3, 0.4) is 0 Å². The summed E-state index contributed by atoms with van der Waals surface area (Å²) in [5.74, 6) is -3.77. The SMILES string of the molecule is CC(C)C[C@H](N)C(=O)O.CC(C)C[C@H](N)C(=O)O.NCC(=O)O.NCC(=O)O.O=C(O)[C@@H]1CCCN1. The minimum Gasteiger partial charge on any atom is -0.480 e. The van der Waals surface area contributed by atoms with Gasteiger partial charge in [-0.3, -0.25) is 24.0 Å². The van der Waals surface area contributed by atoms with Gasteiger partial charge in [0.1, 0.15) is 18.1 Å². The Labute approximate surface area is 211 Å². The first-order chi connectivity index (χ1) is 16.4. The Morgan fingerprint density at radius 3 is 1.14 bits per heavy atom. The molecule has 1 rings (SSSR count). The van der Waals surface area contributed by atoms with Crippen molar-refractivity contribution in [3.8, 4) is 0 Å². The number of nitrogens with two attached hydrogens (primary N) is 4. The molecule has 1 aliphatic rings. The van der Waals surface area contributed by atoms with Gasteiger partial charge in [-0.1, -0.05) is 27.7 Å². The predicted molar refractivity (Wildman–Crippen MR) is 132 cm³/mol. The summed E-state index contributed by atoms with van der Waals surface area (Å²) < 4.78 is 0. The number of aliphatic carboxylic acids is 5. The molecule has 0 amide bonds. The second kappa shape index (κ2) is 25.2. The van der Waals surface area contributed by atoms with Crippen LogP contribution in [0.2, 0.25) is 0 Å². The molecule has 0 unspecified atom stereocenters. The normalized spacial score (nSPS) is 15.2. The summed E-state index contributed by atoms with van der Waals surface area (Å²) in [5, 5.41) is 43.0.